The Morgan fingerprint density at radius 2 is 2.33 bits per heavy atom. The highest BCUT2D eigenvalue weighted by Crippen LogP contribution is 2.18. The van der Waals surface area contributed by atoms with Gasteiger partial charge in [-0.05, 0) is 12.1 Å². The molecule has 0 aliphatic carbocycles. The van der Waals surface area contributed by atoms with Gasteiger partial charge < -0.3 is 9.15 Å². The Kier molecular flexibility index (Phi) is 3.15. The first-order valence-electron chi connectivity index (χ1n) is 5.26. The minimum atomic E-state index is -0.586. The number of carbonyl (C=O) groups excluding carboxylic acids is 1. The van der Waals surface area contributed by atoms with Crippen molar-refractivity contribution in [1.82, 2.24) is 4.57 Å². The van der Waals surface area contributed by atoms with Crippen LogP contribution in [0.25, 0.3) is 11.1 Å². The lowest BCUT2D eigenvalue weighted by Gasteiger charge is -2.00. The van der Waals surface area contributed by atoms with Crippen molar-refractivity contribution in [3.63, 3.8) is 0 Å². The highest BCUT2D eigenvalue weighted by molar-refractivity contribution is 6.00. The highest BCUT2D eigenvalue weighted by atomic mass is 16.5. The van der Waals surface area contributed by atoms with E-state index in [9.17, 15) is 9.59 Å². The second-order valence-electron chi connectivity index (χ2n) is 3.57. The number of ether oxygens (including phenoxy) is 1. The Morgan fingerprint density at radius 1 is 1.56 bits per heavy atom. The predicted molar refractivity (Wildman–Crippen MR) is 62.0 cm³/mol. The van der Waals surface area contributed by atoms with Gasteiger partial charge in [0.1, 0.15) is 5.56 Å². The molecule has 0 atom stereocenters. The molecule has 2 aromatic rings. The molecule has 6 nitrogen and oxygen atoms in total. The number of carbonyl (C=O) groups is 1. The van der Waals surface area contributed by atoms with Crippen molar-refractivity contribution < 1.29 is 13.9 Å². The first-order valence-corrected chi connectivity index (χ1v) is 5.26. The normalized spacial score (nSPS) is 10.2. The number of oxazole rings is 1. The van der Waals surface area contributed by atoms with Crippen molar-refractivity contribution in [2.45, 2.75) is 13.0 Å². The van der Waals surface area contributed by atoms with Crippen molar-refractivity contribution in [2.75, 3.05) is 7.11 Å². The third-order valence-corrected chi connectivity index (χ3v) is 2.55. The van der Waals surface area contributed by atoms with E-state index in [0.717, 1.165) is 0 Å². The molecule has 0 aliphatic heterocycles. The Morgan fingerprint density at radius 3 is 3.00 bits per heavy atom. The molecule has 1 heterocycles. The molecule has 0 saturated heterocycles. The maximum Gasteiger partial charge on any atom is 0.420 e. The predicted octanol–water partition coefficient (Wildman–Crippen LogP) is 1.29. The maximum atomic E-state index is 11.6. The van der Waals surface area contributed by atoms with E-state index < -0.39 is 11.7 Å². The number of fused-ring (bicyclic) bond motifs is 1. The number of methoxy groups -OCH3 is 1. The zero-order valence-corrected chi connectivity index (χ0v) is 9.67. The molecule has 0 amide bonds. The number of hydrogen-bond acceptors (Lipinski definition) is 5. The average Bonchev–Trinajstić information content (AvgIpc) is 2.71. The van der Waals surface area contributed by atoms with E-state index >= 15 is 0 Å². The zero-order valence-electron chi connectivity index (χ0n) is 9.67. The fourth-order valence-corrected chi connectivity index (χ4v) is 1.73. The molecule has 2 rings (SSSR count). The third-order valence-electron chi connectivity index (χ3n) is 2.55. The van der Waals surface area contributed by atoms with Crippen LogP contribution in [0.2, 0.25) is 0 Å². The quantitative estimate of drug-likeness (QED) is 0.762. The lowest BCUT2D eigenvalue weighted by Crippen LogP contribution is -2.13. The van der Waals surface area contributed by atoms with Crippen molar-refractivity contribution in [3.05, 3.63) is 34.3 Å². The Labute approximate surface area is 102 Å². The number of esters is 1. The second kappa shape index (κ2) is 4.75. The molecule has 0 aliphatic rings. The van der Waals surface area contributed by atoms with Crippen LogP contribution in [0.5, 0.6) is 0 Å². The molecule has 6 heteroatoms. The van der Waals surface area contributed by atoms with Crippen LogP contribution in [0.15, 0.2) is 27.4 Å². The molecule has 0 spiro atoms. The molecule has 0 radical (unpaired) electrons. The van der Waals surface area contributed by atoms with Gasteiger partial charge in [-0.2, -0.15) is 5.26 Å². The number of benzene rings is 1. The van der Waals surface area contributed by atoms with Crippen LogP contribution in [0.3, 0.4) is 0 Å². The third kappa shape index (κ3) is 1.86. The summed E-state index contributed by atoms with van der Waals surface area (Å²) in [6.07, 6.45) is 0.191. The second-order valence-corrected chi connectivity index (χ2v) is 3.57. The molecule has 0 fully saturated rings. The van der Waals surface area contributed by atoms with Gasteiger partial charge in [0.15, 0.2) is 5.58 Å². The number of hydrogen-bond donors (Lipinski definition) is 0. The van der Waals surface area contributed by atoms with E-state index in [4.69, 9.17) is 9.68 Å². The lowest BCUT2D eigenvalue weighted by molar-refractivity contribution is 0.0601. The van der Waals surface area contributed by atoms with Crippen molar-refractivity contribution in [3.8, 4) is 6.07 Å². The van der Waals surface area contributed by atoms with Gasteiger partial charge in [0.25, 0.3) is 0 Å². The molecule has 18 heavy (non-hydrogen) atoms. The molecule has 92 valence electrons. The number of aromatic nitrogens is 1. The van der Waals surface area contributed by atoms with E-state index in [1.54, 1.807) is 12.1 Å². The van der Waals surface area contributed by atoms with Crippen molar-refractivity contribution >= 4 is 17.1 Å². The summed E-state index contributed by atoms with van der Waals surface area (Å²) in [5.74, 6) is -1.15. The van der Waals surface area contributed by atoms with Gasteiger partial charge in [-0.15, -0.1) is 0 Å². The number of rotatable bonds is 3. The van der Waals surface area contributed by atoms with Gasteiger partial charge in [-0.25, -0.2) is 9.59 Å². The summed E-state index contributed by atoms with van der Waals surface area (Å²) in [7, 11) is 1.26. The van der Waals surface area contributed by atoms with Gasteiger partial charge in [0, 0.05) is 6.54 Å². The monoisotopic (exact) mass is 246 g/mol. The number of nitriles is 1. The SMILES string of the molecule is COC(=O)c1cccc2c1oc(=O)n2CCC#N. The van der Waals surface area contributed by atoms with Gasteiger partial charge in [0.2, 0.25) is 0 Å². The van der Waals surface area contributed by atoms with Crippen LogP contribution in [0, 0.1) is 11.3 Å². The standard InChI is InChI=1S/C12H10N2O4/c1-17-11(15)8-4-2-5-9-10(8)18-12(16)14(9)7-3-6-13/h2,4-5H,3,7H2,1H3. The summed E-state index contributed by atoms with van der Waals surface area (Å²) >= 11 is 0. The minimum Gasteiger partial charge on any atom is -0.465 e. The van der Waals surface area contributed by atoms with E-state index in [-0.39, 0.29) is 24.1 Å². The van der Waals surface area contributed by atoms with Crippen LogP contribution in [0.4, 0.5) is 0 Å². The molecule has 0 bridgehead atoms. The summed E-state index contributed by atoms with van der Waals surface area (Å²) in [6, 6.07) is 6.76. The summed E-state index contributed by atoms with van der Waals surface area (Å²) in [6.45, 7) is 0.229. The van der Waals surface area contributed by atoms with Crippen molar-refractivity contribution in [2.24, 2.45) is 0 Å². The van der Waals surface area contributed by atoms with Crippen LogP contribution >= 0.6 is 0 Å². The van der Waals surface area contributed by atoms with Gasteiger partial charge >= 0.3 is 11.7 Å². The van der Waals surface area contributed by atoms with Crippen LogP contribution in [-0.2, 0) is 11.3 Å². The number of nitrogens with zero attached hydrogens (tertiary/aromatic N) is 2. The summed E-state index contributed by atoms with van der Waals surface area (Å²) in [5, 5.41) is 8.54. The summed E-state index contributed by atoms with van der Waals surface area (Å²) < 4.78 is 11.0. The Hall–Kier alpha value is -2.55. The Balaban J connectivity index is 2.64. The van der Waals surface area contributed by atoms with Crippen LogP contribution in [0.1, 0.15) is 16.8 Å². The fraction of sp³-hybridized carbons (Fsp3) is 0.250. The van der Waals surface area contributed by atoms with Gasteiger partial charge in [-0.3, -0.25) is 4.57 Å². The summed E-state index contributed by atoms with van der Waals surface area (Å²) in [5.41, 5.74) is 0.869. The molecule has 1 aromatic carbocycles. The Bertz CT molecular complexity index is 690. The van der Waals surface area contributed by atoms with Gasteiger partial charge in [-0.1, -0.05) is 6.07 Å². The topological polar surface area (TPSA) is 85.2 Å². The zero-order chi connectivity index (χ0) is 13.1. The minimum absolute atomic E-state index is 0.187. The lowest BCUT2D eigenvalue weighted by atomic mass is 10.2. The molecule has 0 N–H and O–H groups in total. The molecule has 0 saturated carbocycles. The largest absolute Gasteiger partial charge is 0.465 e. The maximum absolute atomic E-state index is 11.6. The highest BCUT2D eigenvalue weighted by Gasteiger charge is 2.17. The summed E-state index contributed by atoms with van der Waals surface area (Å²) in [4.78, 5) is 23.2. The first kappa shape index (κ1) is 11.9. The smallest absolute Gasteiger partial charge is 0.420 e. The van der Waals surface area contributed by atoms with E-state index in [2.05, 4.69) is 4.74 Å². The van der Waals surface area contributed by atoms with E-state index in [1.165, 1.54) is 17.7 Å². The first-order chi connectivity index (χ1) is 8.69. The van der Waals surface area contributed by atoms with Gasteiger partial charge in [0.05, 0.1) is 25.1 Å². The van der Waals surface area contributed by atoms with Crippen molar-refractivity contribution in [1.29, 1.82) is 5.26 Å². The van der Waals surface area contributed by atoms with Crippen LogP contribution in [-0.4, -0.2) is 17.6 Å². The number of aryl methyl sites for hydroxylation is 1. The number of para-hydroxylation sites is 1. The molecule has 0 unspecified atom stereocenters. The van der Waals surface area contributed by atoms with Crippen LogP contribution < -0.4 is 5.76 Å². The van der Waals surface area contributed by atoms with E-state index in [1.807, 2.05) is 6.07 Å². The van der Waals surface area contributed by atoms with E-state index in [0.29, 0.717) is 5.52 Å². The average molecular weight is 246 g/mol. The molecule has 1 aromatic heterocycles. The molecular formula is C12H10N2O4. The molecular weight excluding hydrogens is 236 g/mol. The fourth-order valence-electron chi connectivity index (χ4n) is 1.73.